The maximum absolute atomic E-state index is 11.9. The van der Waals surface area contributed by atoms with Crippen molar-refractivity contribution >= 4 is 11.9 Å². The molecule has 0 saturated heterocycles. The molecule has 2 aromatic rings. The van der Waals surface area contributed by atoms with Gasteiger partial charge in [0.25, 0.3) is 11.8 Å². The van der Waals surface area contributed by atoms with Gasteiger partial charge < -0.3 is 9.26 Å². The average molecular weight is 249 g/mol. The van der Waals surface area contributed by atoms with Crippen LogP contribution in [0.4, 0.5) is 5.95 Å². The first-order valence-corrected chi connectivity index (χ1v) is 5.49. The summed E-state index contributed by atoms with van der Waals surface area (Å²) < 4.78 is 11.5. The molecule has 1 fully saturated rings. The predicted molar refractivity (Wildman–Crippen MR) is 59.3 cm³/mol. The molecule has 0 aromatic carbocycles. The van der Waals surface area contributed by atoms with Crippen LogP contribution in [0.1, 0.15) is 29.4 Å². The first-order valence-electron chi connectivity index (χ1n) is 5.49. The minimum absolute atomic E-state index is 0.0668. The number of anilines is 1. The smallest absolute Gasteiger partial charge is 0.296 e. The third-order valence-corrected chi connectivity index (χ3v) is 2.66. The molecular formula is C10H11N5O3. The number of rotatable bonds is 4. The van der Waals surface area contributed by atoms with Gasteiger partial charge in [-0.05, 0) is 18.0 Å². The third kappa shape index (κ3) is 1.92. The van der Waals surface area contributed by atoms with Crippen LogP contribution in [-0.2, 0) is 0 Å². The van der Waals surface area contributed by atoms with Gasteiger partial charge in [-0.3, -0.25) is 14.7 Å². The number of carbonyl (C=O) groups is 1. The topological polar surface area (TPSA) is 95.1 Å². The van der Waals surface area contributed by atoms with Crippen molar-refractivity contribution < 1.29 is 14.1 Å². The maximum atomic E-state index is 11.9. The molecule has 18 heavy (non-hydrogen) atoms. The van der Waals surface area contributed by atoms with Crippen LogP contribution in [0.25, 0.3) is 0 Å². The molecule has 1 saturated carbocycles. The second-order valence-corrected chi connectivity index (χ2v) is 3.98. The Morgan fingerprint density at radius 1 is 1.61 bits per heavy atom. The number of methoxy groups -OCH3 is 1. The Hall–Kier alpha value is -2.38. The molecular weight excluding hydrogens is 238 g/mol. The molecule has 2 heterocycles. The summed E-state index contributed by atoms with van der Waals surface area (Å²) in [5.74, 6) is 0.305. The molecule has 1 aliphatic rings. The minimum Gasteiger partial charge on any atom is -0.479 e. The summed E-state index contributed by atoms with van der Waals surface area (Å²) in [4.78, 5) is 11.9. The van der Waals surface area contributed by atoms with Crippen LogP contribution in [0.5, 0.6) is 5.88 Å². The second kappa shape index (κ2) is 4.13. The third-order valence-electron chi connectivity index (χ3n) is 2.66. The summed E-state index contributed by atoms with van der Waals surface area (Å²) in [6.45, 7) is 0. The standard InChI is InChI=1S/C10H11N5O3/c1-17-8-4-7(18-14-8)9(16)12-10-13-11-5-15(10)6-2-3-6/h4-6H,2-3H2,1H3,(H,12,13,16). The zero-order valence-corrected chi connectivity index (χ0v) is 9.66. The Balaban J connectivity index is 1.75. The van der Waals surface area contributed by atoms with E-state index in [4.69, 9.17) is 9.26 Å². The van der Waals surface area contributed by atoms with E-state index in [9.17, 15) is 4.79 Å². The van der Waals surface area contributed by atoms with Crippen molar-refractivity contribution in [2.45, 2.75) is 18.9 Å². The molecule has 1 N–H and O–H groups in total. The molecule has 0 unspecified atom stereocenters. The van der Waals surface area contributed by atoms with Crippen LogP contribution in [0.3, 0.4) is 0 Å². The molecule has 0 spiro atoms. The lowest BCUT2D eigenvalue weighted by Gasteiger charge is -2.03. The summed E-state index contributed by atoms with van der Waals surface area (Å²) >= 11 is 0. The normalized spacial score (nSPS) is 14.5. The number of carbonyl (C=O) groups excluding carboxylic acids is 1. The van der Waals surface area contributed by atoms with Crippen LogP contribution in [0, 0.1) is 0 Å². The molecule has 1 aliphatic carbocycles. The number of aromatic nitrogens is 4. The van der Waals surface area contributed by atoms with E-state index in [-0.39, 0.29) is 11.6 Å². The van der Waals surface area contributed by atoms with Gasteiger partial charge in [0.1, 0.15) is 6.33 Å². The molecule has 8 heteroatoms. The lowest BCUT2D eigenvalue weighted by atomic mass is 10.4. The minimum atomic E-state index is -0.430. The van der Waals surface area contributed by atoms with Crippen molar-refractivity contribution in [2.24, 2.45) is 0 Å². The summed E-state index contributed by atoms with van der Waals surface area (Å²) in [6, 6.07) is 1.80. The SMILES string of the molecule is COc1cc(C(=O)Nc2nncn2C2CC2)on1. The van der Waals surface area contributed by atoms with E-state index in [2.05, 4.69) is 20.7 Å². The highest BCUT2D eigenvalue weighted by Crippen LogP contribution is 2.36. The highest BCUT2D eigenvalue weighted by molar-refractivity contribution is 6.01. The Morgan fingerprint density at radius 3 is 3.11 bits per heavy atom. The van der Waals surface area contributed by atoms with Gasteiger partial charge in [0.05, 0.1) is 13.2 Å². The van der Waals surface area contributed by atoms with E-state index in [0.29, 0.717) is 12.0 Å². The zero-order valence-electron chi connectivity index (χ0n) is 9.66. The molecule has 2 aromatic heterocycles. The van der Waals surface area contributed by atoms with Gasteiger partial charge in [0.2, 0.25) is 11.7 Å². The van der Waals surface area contributed by atoms with Crippen LogP contribution in [0.2, 0.25) is 0 Å². The first kappa shape index (κ1) is 10.8. The maximum Gasteiger partial charge on any atom is 0.296 e. The van der Waals surface area contributed by atoms with E-state index >= 15 is 0 Å². The fourth-order valence-corrected chi connectivity index (χ4v) is 1.58. The molecule has 0 radical (unpaired) electrons. The monoisotopic (exact) mass is 249 g/mol. The van der Waals surface area contributed by atoms with Crippen molar-refractivity contribution in [3.8, 4) is 5.88 Å². The molecule has 0 bridgehead atoms. The Morgan fingerprint density at radius 2 is 2.44 bits per heavy atom. The molecule has 94 valence electrons. The van der Waals surface area contributed by atoms with Crippen molar-refractivity contribution in [1.29, 1.82) is 0 Å². The van der Waals surface area contributed by atoms with Crippen molar-refractivity contribution in [2.75, 3.05) is 12.4 Å². The van der Waals surface area contributed by atoms with Gasteiger partial charge in [-0.2, -0.15) is 0 Å². The van der Waals surface area contributed by atoms with Gasteiger partial charge >= 0.3 is 0 Å². The average Bonchev–Trinajstić information content (AvgIpc) is 2.93. The van der Waals surface area contributed by atoms with Crippen molar-refractivity contribution in [1.82, 2.24) is 19.9 Å². The van der Waals surface area contributed by atoms with Gasteiger partial charge in [-0.15, -0.1) is 10.2 Å². The number of nitrogens with zero attached hydrogens (tertiary/aromatic N) is 4. The van der Waals surface area contributed by atoms with Crippen LogP contribution >= 0.6 is 0 Å². The van der Waals surface area contributed by atoms with Crippen LogP contribution in [-0.4, -0.2) is 32.9 Å². The number of ether oxygens (including phenoxy) is 1. The summed E-state index contributed by atoms with van der Waals surface area (Å²) in [5, 5.41) is 13.8. The van der Waals surface area contributed by atoms with Crippen LogP contribution < -0.4 is 10.1 Å². The van der Waals surface area contributed by atoms with Crippen LogP contribution in [0.15, 0.2) is 16.9 Å². The predicted octanol–water partition coefficient (Wildman–Crippen LogP) is 0.862. The molecule has 0 atom stereocenters. The summed E-state index contributed by atoms with van der Waals surface area (Å²) in [6.07, 6.45) is 3.77. The van der Waals surface area contributed by atoms with Gasteiger partial charge in [-0.25, -0.2) is 0 Å². The number of hydrogen-bond acceptors (Lipinski definition) is 6. The Bertz CT molecular complexity index is 572. The number of hydrogen-bond donors (Lipinski definition) is 1. The van der Waals surface area contributed by atoms with Gasteiger partial charge in [0, 0.05) is 6.04 Å². The first-order chi connectivity index (χ1) is 8.78. The highest BCUT2D eigenvalue weighted by atomic mass is 16.5. The lowest BCUT2D eigenvalue weighted by Crippen LogP contribution is -2.15. The second-order valence-electron chi connectivity index (χ2n) is 3.98. The lowest BCUT2D eigenvalue weighted by molar-refractivity contribution is 0.0986. The number of nitrogens with one attached hydrogen (secondary N) is 1. The summed E-state index contributed by atoms with van der Waals surface area (Å²) in [7, 11) is 1.45. The fraction of sp³-hybridized carbons (Fsp3) is 0.400. The van der Waals surface area contributed by atoms with Gasteiger partial charge in [-0.1, -0.05) is 0 Å². The molecule has 3 rings (SSSR count). The van der Waals surface area contributed by atoms with Gasteiger partial charge in [0.15, 0.2) is 0 Å². The molecule has 8 nitrogen and oxygen atoms in total. The molecule has 0 aliphatic heterocycles. The largest absolute Gasteiger partial charge is 0.479 e. The Labute approximate surface area is 102 Å². The Kier molecular flexibility index (Phi) is 2.47. The summed E-state index contributed by atoms with van der Waals surface area (Å²) in [5.41, 5.74) is 0. The van der Waals surface area contributed by atoms with E-state index in [1.54, 1.807) is 6.33 Å². The van der Waals surface area contributed by atoms with E-state index in [1.807, 2.05) is 4.57 Å². The van der Waals surface area contributed by atoms with E-state index in [0.717, 1.165) is 12.8 Å². The highest BCUT2D eigenvalue weighted by Gasteiger charge is 2.27. The molecule has 1 amide bonds. The quantitative estimate of drug-likeness (QED) is 0.863. The van der Waals surface area contributed by atoms with Crippen molar-refractivity contribution in [3.05, 3.63) is 18.2 Å². The zero-order chi connectivity index (χ0) is 12.5. The fourth-order valence-electron chi connectivity index (χ4n) is 1.58. The van der Waals surface area contributed by atoms with E-state index < -0.39 is 5.91 Å². The number of amides is 1. The van der Waals surface area contributed by atoms with Crippen molar-refractivity contribution in [3.63, 3.8) is 0 Å². The van der Waals surface area contributed by atoms with E-state index in [1.165, 1.54) is 13.2 Å².